The van der Waals surface area contributed by atoms with Crippen molar-refractivity contribution < 1.29 is 4.92 Å². The van der Waals surface area contributed by atoms with Crippen LogP contribution in [0.4, 0.5) is 11.4 Å². The minimum absolute atomic E-state index is 0.167. The van der Waals surface area contributed by atoms with Crippen LogP contribution in [0.5, 0.6) is 0 Å². The molecule has 1 aromatic carbocycles. The van der Waals surface area contributed by atoms with Crippen LogP contribution in [0.1, 0.15) is 46.5 Å². The lowest BCUT2D eigenvalue weighted by atomic mass is 9.70. The summed E-state index contributed by atoms with van der Waals surface area (Å²) in [7, 11) is 0. The number of rotatable bonds is 4. The van der Waals surface area contributed by atoms with E-state index in [1.54, 1.807) is 18.2 Å². The first kappa shape index (κ1) is 15.8. The molecule has 0 unspecified atom stereocenters. The zero-order chi connectivity index (χ0) is 15.5. The molecule has 0 aliphatic heterocycles. The van der Waals surface area contributed by atoms with Crippen molar-refractivity contribution in [2.45, 2.75) is 46.5 Å². The van der Waals surface area contributed by atoms with Gasteiger partial charge in [0.25, 0.3) is 5.69 Å². The summed E-state index contributed by atoms with van der Waals surface area (Å²) in [5, 5.41) is 14.3. The van der Waals surface area contributed by atoms with Gasteiger partial charge in [0, 0.05) is 12.6 Å². The zero-order valence-electron chi connectivity index (χ0n) is 13.3. The summed E-state index contributed by atoms with van der Waals surface area (Å²) in [5.74, 6) is 1.43. The largest absolute Gasteiger partial charge is 0.379 e. The number of hydrogen-bond donors (Lipinski definition) is 1. The van der Waals surface area contributed by atoms with Gasteiger partial charge in [-0.3, -0.25) is 10.1 Å². The molecule has 116 valence electrons. The van der Waals surface area contributed by atoms with E-state index in [9.17, 15) is 10.1 Å². The fraction of sp³-hybridized carbons (Fsp3) is 0.647. The summed E-state index contributed by atoms with van der Waals surface area (Å²) in [4.78, 5) is 10.7. The van der Waals surface area contributed by atoms with E-state index in [0.717, 1.165) is 12.5 Å². The molecule has 21 heavy (non-hydrogen) atoms. The van der Waals surface area contributed by atoms with Gasteiger partial charge >= 0.3 is 0 Å². The molecule has 1 fully saturated rings. The van der Waals surface area contributed by atoms with E-state index in [1.807, 2.05) is 6.07 Å². The van der Waals surface area contributed by atoms with Gasteiger partial charge in [0.2, 0.25) is 0 Å². The van der Waals surface area contributed by atoms with Crippen molar-refractivity contribution >= 4 is 11.4 Å². The van der Waals surface area contributed by atoms with E-state index >= 15 is 0 Å². The van der Waals surface area contributed by atoms with Gasteiger partial charge in [-0.05, 0) is 49.0 Å². The number of anilines is 1. The molecule has 0 amide bonds. The van der Waals surface area contributed by atoms with Gasteiger partial charge in [-0.1, -0.05) is 32.9 Å². The van der Waals surface area contributed by atoms with E-state index in [-0.39, 0.29) is 10.6 Å². The van der Waals surface area contributed by atoms with Gasteiger partial charge in [-0.15, -0.1) is 0 Å². The van der Waals surface area contributed by atoms with E-state index < -0.39 is 0 Å². The molecule has 1 N–H and O–H groups in total. The first-order chi connectivity index (χ1) is 9.88. The molecule has 1 aliphatic carbocycles. The van der Waals surface area contributed by atoms with Crippen LogP contribution in [0.3, 0.4) is 0 Å². The highest BCUT2D eigenvalue weighted by molar-refractivity contribution is 5.61. The Labute approximate surface area is 127 Å². The van der Waals surface area contributed by atoms with Crippen molar-refractivity contribution in [1.82, 2.24) is 0 Å². The highest BCUT2D eigenvalue weighted by Gasteiger charge is 2.29. The van der Waals surface area contributed by atoms with E-state index in [0.29, 0.717) is 17.0 Å². The molecule has 0 saturated heterocycles. The average Bonchev–Trinajstić information content (AvgIpc) is 2.45. The SMILES string of the molecule is CC(C)(C)C1CCC(CNc2ccccc2[N+](=O)[O-])CC1. The second-order valence-corrected chi connectivity index (χ2v) is 7.24. The maximum atomic E-state index is 11.0. The van der Waals surface area contributed by atoms with Crippen molar-refractivity contribution in [2.75, 3.05) is 11.9 Å². The highest BCUT2D eigenvalue weighted by Crippen LogP contribution is 2.39. The lowest BCUT2D eigenvalue weighted by molar-refractivity contribution is -0.384. The van der Waals surface area contributed by atoms with Gasteiger partial charge in [-0.2, -0.15) is 0 Å². The van der Waals surface area contributed by atoms with Crippen LogP contribution in [0.2, 0.25) is 0 Å². The van der Waals surface area contributed by atoms with Crippen molar-refractivity contribution in [2.24, 2.45) is 17.3 Å². The van der Waals surface area contributed by atoms with Gasteiger partial charge < -0.3 is 5.32 Å². The molecular weight excluding hydrogens is 264 g/mol. The van der Waals surface area contributed by atoms with Crippen molar-refractivity contribution in [1.29, 1.82) is 0 Å². The average molecular weight is 290 g/mol. The van der Waals surface area contributed by atoms with Crippen LogP contribution in [0.15, 0.2) is 24.3 Å². The zero-order valence-corrected chi connectivity index (χ0v) is 13.3. The molecule has 0 radical (unpaired) electrons. The lowest BCUT2D eigenvalue weighted by Gasteiger charge is -2.37. The minimum Gasteiger partial charge on any atom is -0.379 e. The molecule has 0 bridgehead atoms. The molecule has 4 heteroatoms. The summed E-state index contributed by atoms with van der Waals surface area (Å²) >= 11 is 0. The van der Waals surface area contributed by atoms with Crippen LogP contribution < -0.4 is 5.32 Å². The van der Waals surface area contributed by atoms with Gasteiger partial charge in [0.05, 0.1) is 4.92 Å². The van der Waals surface area contributed by atoms with Crippen LogP contribution in [0, 0.1) is 27.4 Å². The first-order valence-electron chi connectivity index (χ1n) is 7.85. The Bertz CT molecular complexity index is 486. The van der Waals surface area contributed by atoms with Crippen LogP contribution in [-0.2, 0) is 0 Å². The van der Waals surface area contributed by atoms with Crippen LogP contribution in [0.25, 0.3) is 0 Å². The van der Waals surface area contributed by atoms with Crippen molar-refractivity contribution in [3.05, 3.63) is 34.4 Å². The number of nitrogens with zero attached hydrogens (tertiary/aromatic N) is 1. The summed E-state index contributed by atoms with van der Waals surface area (Å²) in [6, 6.07) is 6.89. The number of nitrogens with one attached hydrogen (secondary N) is 1. The predicted molar refractivity (Wildman–Crippen MR) is 86.5 cm³/mol. The molecule has 2 rings (SSSR count). The summed E-state index contributed by atoms with van der Waals surface area (Å²) in [6.07, 6.45) is 4.98. The Morgan fingerprint density at radius 3 is 2.38 bits per heavy atom. The number of para-hydroxylation sites is 2. The molecule has 4 nitrogen and oxygen atoms in total. The molecule has 1 aliphatic rings. The summed E-state index contributed by atoms with van der Waals surface area (Å²) in [6.45, 7) is 7.80. The van der Waals surface area contributed by atoms with Gasteiger partial charge in [-0.25, -0.2) is 0 Å². The van der Waals surface area contributed by atoms with Crippen LogP contribution in [-0.4, -0.2) is 11.5 Å². The third-order valence-corrected chi connectivity index (χ3v) is 4.75. The van der Waals surface area contributed by atoms with E-state index in [1.165, 1.54) is 25.7 Å². The number of benzene rings is 1. The smallest absolute Gasteiger partial charge is 0.292 e. The van der Waals surface area contributed by atoms with Crippen molar-refractivity contribution in [3.8, 4) is 0 Å². The Morgan fingerprint density at radius 1 is 1.19 bits per heavy atom. The molecular formula is C17H26N2O2. The topological polar surface area (TPSA) is 55.2 Å². The summed E-state index contributed by atoms with van der Waals surface area (Å²) < 4.78 is 0. The maximum Gasteiger partial charge on any atom is 0.292 e. The van der Waals surface area contributed by atoms with Gasteiger partial charge in [0.15, 0.2) is 0 Å². The number of nitro groups is 1. The lowest BCUT2D eigenvalue weighted by Crippen LogP contribution is -2.28. The Kier molecular flexibility index (Phi) is 4.86. The third-order valence-electron chi connectivity index (χ3n) is 4.75. The van der Waals surface area contributed by atoms with Gasteiger partial charge in [0.1, 0.15) is 5.69 Å². The Morgan fingerprint density at radius 2 is 1.81 bits per heavy atom. The number of nitro benzene ring substituents is 1. The summed E-state index contributed by atoms with van der Waals surface area (Å²) in [5.41, 5.74) is 1.21. The monoisotopic (exact) mass is 290 g/mol. The quantitative estimate of drug-likeness (QED) is 0.636. The minimum atomic E-state index is -0.321. The molecule has 1 aromatic rings. The second kappa shape index (κ2) is 6.46. The molecule has 1 saturated carbocycles. The highest BCUT2D eigenvalue weighted by atomic mass is 16.6. The number of hydrogen-bond acceptors (Lipinski definition) is 3. The van der Waals surface area contributed by atoms with Crippen molar-refractivity contribution in [3.63, 3.8) is 0 Å². The molecule has 0 atom stereocenters. The first-order valence-corrected chi connectivity index (χ1v) is 7.85. The molecule has 0 spiro atoms. The Hall–Kier alpha value is -1.58. The van der Waals surface area contributed by atoms with Crippen LogP contribution >= 0.6 is 0 Å². The fourth-order valence-electron chi connectivity index (χ4n) is 3.27. The molecule has 0 heterocycles. The standard InChI is InChI=1S/C17H26N2O2/c1-17(2,3)14-10-8-13(9-11-14)12-18-15-6-4-5-7-16(15)19(20)21/h4-7,13-14,18H,8-12H2,1-3H3. The normalized spacial score (nSPS) is 22.8. The fourth-order valence-corrected chi connectivity index (χ4v) is 3.27. The van der Waals surface area contributed by atoms with E-state index in [4.69, 9.17) is 0 Å². The second-order valence-electron chi connectivity index (χ2n) is 7.24. The third kappa shape index (κ3) is 4.19. The molecule has 0 aromatic heterocycles. The maximum absolute atomic E-state index is 11.0. The Balaban J connectivity index is 1.87. The predicted octanol–water partition coefficient (Wildman–Crippen LogP) is 4.86. The van der Waals surface area contributed by atoms with E-state index in [2.05, 4.69) is 26.1 Å².